The Labute approximate surface area is 273 Å². The molecule has 0 heterocycles. The zero-order valence-electron chi connectivity index (χ0n) is 26.2. The molecule has 1 N–H and O–H groups in total. The van der Waals surface area contributed by atoms with Crippen molar-refractivity contribution in [3.05, 3.63) is 134 Å². The SMILES string of the molecule is O=S(=O)(O)CCCCCCCCCC/C=C/N(CP(c1ccccc1)c1ccccc1)CP(c1ccccc1)c1ccccc1. The second-order valence-corrected chi connectivity index (χ2v) is 17.3. The van der Waals surface area contributed by atoms with Gasteiger partial charge in [0.1, 0.15) is 0 Å². The summed E-state index contributed by atoms with van der Waals surface area (Å²) in [7, 11) is -4.95. The predicted octanol–water partition coefficient (Wildman–Crippen LogP) is 8.38. The highest BCUT2D eigenvalue weighted by Crippen LogP contribution is 2.39. The van der Waals surface area contributed by atoms with Gasteiger partial charge in [0.25, 0.3) is 10.1 Å². The number of hydrogen-bond donors (Lipinski definition) is 1. The molecule has 45 heavy (non-hydrogen) atoms. The molecule has 0 bridgehead atoms. The summed E-state index contributed by atoms with van der Waals surface area (Å²) >= 11 is 0. The first-order chi connectivity index (χ1) is 22.0. The van der Waals surface area contributed by atoms with Crippen molar-refractivity contribution in [1.29, 1.82) is 0 Å². The first-order valence-electron chi connectivity index (χ1n) is 16.1. The lowest BCUT2D eigenvalue weighted by Crippen LogP contribution is -2.28. The molecule has 0 aliphatic rings. The Morgan fingerprint density at radius 3 is 1.20 bits per heavy atom. The van der Waals surface area contributed by atoms with E-state index in [0.717, 1.165) is 38.3 Å². The summed E-state index contributed by atoms with van der Waals surface area (Å²) in [6.07, 6.45) is 16.1. The number of hydrogen-bond acceptors (Lipinski definition) is 3. The third kappa shape index (κ3) is 13.2. The van der Waals surface area contributed by atoms with Gasteiger partial charge in [0, 0.05) is 12.6 Å². The summed E-state index contributed by atoms with van der Waals surface area (Å²) in [6, 6.07) is 44.0. The molecule has 0 unspecified atom stereocenters. The van der Waals surface area contributed by atoms with Gasteiger partial charge < -0.3 is 4.90 Å². The van der Waals surface area contributed by atoms with Crippen LogP contribution in [-0.4, -0.2) is 36.2 Å². The van der Waals surface area contributed by atoms with Crippen LogP contribution in [0.25, 0.3) is 0 Å². The van der Waals surface area contributed by atoms with Crippen LogP contribution in [0.2, 0.25) is 0 Å². The molecule has 4 aromatic rings. The van der Waals surface area contributed by atoms with Gasteiger partial charge in [0.05, 0.1) is 5.75 Å². The van der Waals surface area contributed by atoms with Crippen LogP contribution in [0.4, 0.5) is 0 Å². The summed E-state index contributed by atoms with van der Waals surface area (Å²) in [5, 5.41) is 5.61. The number of unbranched alkanes of at least 4 members (excludes halogenated alkanes) is 8. The van der Waals surface area contributed by atoms with Gasteiger partial charge in [0.2, 0.25) is 0 Å². The fraction of sp³-hybridized carbons (Fsp3) is 0.316. The molecule has 0 aliphatic heterocycles. The Morgan fingerprint density at radius 2 is 0.844 bits per heavy atom. The minimum absolute atomic E-state index is 0.117. The van der Waals surface area contributed by atoms with Crippen molar-refractivity contribution in [3.8, 4) is 0 Å². The van der Waals surface area contributed by atoms with Crippen LogP contribution in [0, 0.1) is 0 Å². The zero-order valence-corrected chi connectivity index (χ0v) is 28.8. The van der Waals surface area contributed by atoms with Crippen molar-refractivity contribution in [2.45, 2.75) is 57.8 Å². The van der Waals surface area contributed by atoms with Crippen LogP contribution in [0.1, 0.15) is 57.8 Å². The standard InChI is InChI=1S/C38H47NO3P2S/c40-45(41,42)32-22-8-6-4-2-1-3-5-7-21-31-39(33-43(35-23-13-9-14-24-35)36-25-15-10-16-26-36)34-44(37-27-17-11-18-28-37)38-29-19-12-20-30-38/h9-21,23-31H,1-8,22,32-34H2,(H,40,41,42)/b31-21+. The van der Waals surface area contributed by atoms with E-state index in [0.29, 0.717) is 6.42 Å². The van der Waals surface area contributed by atoms with Gasteiger partial charge in [-0.25, -0.2) is 0 Å². The van der Waals surface area contributed by atoms with Gasteiger partial charge in [0.15, 0.2) is 0 Å². The number of rotatable bonds is 20. The molecular weight excluding hydrogens is 612 g/mol. The highest BCUT2D eigenvalue weighted by atomic mass is 32.2. The van der Waals surface area contributed by atoms with Gasteiger partial charge in [-0.1, -0.05) is 166 Å². The van der Waals surface area contributed by atoms with Crippen LogP contribution in [-0.2, 0) is 10.1 Å². The lowest BCUT2D eigenvalue weighted by Gasteiger charge is -2.31. The molecule has 0 aromatic heterocycles. The molecule has 0 aliphatic carbocycles. The van der Waals surface area contributed by atoms with Crippen molar-refractivity contribution in [2.75, 3.05) is 18.3 Å². The predicted molar refractivity (Wildman–Crippen MR) is 197 cm³/mol. The Bertz CT molecular complexity index is 1320. The van der Waals surface area contributed by atoms with Crippen LogP contribution < -0.4 is 21.2 Å². The molecule has 0 amide bonds. The smallest absolute Gasteiger partial charge is 0.264 e. The largest absolute Gasteiger partial charge is 0.368 e. The van der Waals surface area contributed by atoms with E-state index in [9.17, 15) is 8.42 Å². The van der Waals surface area contributed by atoms with Gasteiger partial charge in [-0.2, -0.15) is 8.42 Å². The molecule has 0 fully saturated rings. The molecule has 238 valence electrons. The third-order valence-electron chi connectivity index (χ3n) is 7.76. The molecule has 0 atom stereocenters. The van der Waals surface area contributed by atoms with Crippen molar-refractivity contribution in [1.82, 2.24) is 4.90 Å². The van der Waals surface area contributed by atoms with E-state index in [2.05, 4.69) is 139 Å². The number of benzene rings is 4. The highest BCUT2D eigenvalue weighted by Gasteiger charge is 2.21. The monoisotopic (exact) mass is 659 g/mol. The van der Waals surface area contributed by atoms with Crippen LogP contribution >= 0.6 is 15.8 Å². The lowest BCUT2D eigenvalue weighted by molar-refractivity contribution is 0.478. The summed E-state index contributed by atoms with van der Waals surface area (Å²) < 4.78 is 30.6. The maximum atomic E-state index is 10.8. The summed E-state index contributed by atoms with van der Waals surface area (Å²) in [6.45, 7) is 0. The molecule has 0 spiro atoms. The van der Waals surface area contributed by atoms with E-state index in [1.807, 2.05) is 0 Å². The topological polar surface area (TPSA) is 57.6 Å². The number of allylic oxidation sites excluding steroid dienone is 1. The maximum Gasteiger partial charge on any atom is 0.264 e. The summed E-state index contributed by atoms with van der Waals surface area (Å²) in [5.74, 6) is -0.117. The quantitative estimate of drug-likeness (QED) is 0.0589. The van der Waals surface area contributed by atoms with Crippen molar-refractivity contribution >= 4 is 47.2 Å². The van der Waals surface area contributed by atoms with E-state index in [-0.39, 0.29) is 5.75 Å². The number of nitrogens with zero attached hydrogens (tertiary/aromatic N) is 1. The van der Waals surface area contributed by atoms with E-state index in [1.165, 1.54) is 46.9 Å². The van der Waals surface area contributed by atoms with Crippen molar-refractivity contribution in [3.63, 3.8) is 0 Å². The normalized spacial score (nSPS) is 11.9. The molecule has 7 heteroatoms. The average Bonchev–Trinajstić information content (AvgIpc) is 3.07. The second-order valence-electron chi connectivity index (χ2n) is 11.4. The molecule has 0 radical (unpaired) electrons. The first kappa shape index (κ1) is 35.1. The first-order valence-corrected chi connectivity index (χ1v) is 20.8. The second kappa shape index (κ2) is 19.6. The lowest BCUT2D eigenvalue weighted by atomic mass is 10.1. The maximum absolute atomic E-state index is 10.8. The fourth-order valence-corrected chi connectivity index (χ4v) is 10.6. The van der Waals surface area contributed by atoms with E-state index < -0.39 is 26.0 Å². The molecule has 4 rings (SSSR count). The minimum atomic E-state index is -3.82. The van der Waals surface area contributed by atoms with Crippen molar-refractivity contribution in [2.24, 2.45) is 0 Å². The fourth-order valence-electron chi connectivity index (χ4n) is 5.39. The van der Waals surface area contributed by atoms with Gasteiger partial charge in [-0.3, -0.25) is 4.55 Å². The summed E-state index contributed by atoms with van der Waals surface area (Å²) in [5.41, 5.74) is 0. The van der Waals surface area contributed by atoms with Crippen LogP contribution in [0.5, 0.6) is 0 Å². The Balaban J connectivity index is 1.42. The molecule has 4 nitrogen and oxygen atoms in total. The third-order valence-corrected chi connectivity index (χ3v) is 13.5. The Morgan fingerprint density at radius 1 is 0.511 bits per heavy atom. The van der Waals surface area contributed by atoms with Gasteiger partial charge >= 0.3 is 0 Å². The molecule has 0 saturated carbocycles. The van der Waals surface area contributed by atoms with Crippen LogP contribution in [0.3, 0.4) is 0 Å². The molecule has 4 aromatic carbocycles. The molecule has 0 saturated heterocycles. The van der Waals surface area contributed by atoms with Gasteiger partial charge in [-0.05, 0) is 62.5 Å². The highest BCUT2D eigenvalue weighted by molar-refractivity contribution is 7.85. The average molecular weight is 660 g/mol. The van der Waals surface area contributed by atoms with E-state index in [4.69, 9.17) is 4.55 Å². The van der Waals surface area contributed by atoms with Crippen molar-refractivity contribution < 1.29 is 13.0 Å². The summed E-state index contributed by atoms with van der Waals surface area (Å²) in [4.78, 5) is 2.59. The van der Waals surface area contributed by atoms with Crippen LogP contribution in [0.15, 0.2) is 134 Å². The van der Waals surface area contributed by atoms with E-state index in [1.54, 1.807) is 0 Å². The van der Waals surface area contributed by atoms with E-state index >= 15 is 0 Å². The zero-order chi connectivity index (χ0) is 31.6. The van der Waals surface area contributed by atoms with Gasteiger partial charge in [-0.15, -0.1) is 0 Å². The molecular formula is C38H47NO3P2S. The Hall–Kier alpha value is -2.81. The minimum Gasteiger partial charge on any atom is -0.368 e. The Kier molecular flexibility index (Phi) is 15.3.